The van der Waals surface area contributed by atoms with Crippen molar-refractivity contribution in [1.82, 2.24) is 4.57 Å². The molecule has 0 spiro atoms. The van der Waals surface area contributed by atoms with E-state index in [9.17, 15) is 4.79 Å². The van der Waals surface area contributed by atoms with Crippen LogP contribution in [-0.4, -0.2) is 11.2 Å². The summed E-state index contributed by atoms with van der Waals surface area (Å²) < 4.78 is 7.62. The van der Waals surface area contributed by atoms with Gasteiger partial charge in [0.1, 0.15) is 5.75 Å². The standard InChI is InChI=1S/C18H22N2O2/c1-12(2)11-22-15-5-3-4-13(10-15)17-9-8-16(19)18(21)20(17)14-6-7-14/h3-5,8-10,12,14H,6-7,11,19H2,1-2H3. The predicted molar refractivity (Wildman–Crippen MR) is 89.2 cm³/mol. The zero-order valence-corrected chi connectivity index (χ0v) is 13.1. The largest absolute Gasteiger partial charge is 0.493 e. The number of hydrogen-bond donors (Lipinski definition) is 1. The van der Waals surface area contributed by atoms with Gasteiger partial charge in [-0.1, -0.05) is 26.0 Å². The maximum Gasteiger partial charge on any atom is 0.274 e. The molecule has 0 unspecified atom stereocenters. The van der Waals surface area contributed by atoms with Gasteiger partial charge in [0.25, 0.3) is 5.56 Å². The van der Waals surface area contributed by atoms with E-state index in [0.29, 0.717) is 18.2 Å². The lowest BCUT2D eigenvalue weighted by Gasteiger charge is -2.14. The number of ether oxygens (including phenoxy) is 1. The van der Waals surface area contributed by atoms with Gasteiger partial charge in [-0.15, -0.1) is 0 Å². The molecule has 0 bridgehead atoms. The van der Waals surface area contributed by atoms with Crippen LogP contribution >= 0.6 is 0 Å². The van der Waals surface area contributed by atoms with Crippen LogP contribution in [0.4, 0.5) is 5.69 Å². The van der Waals surface area contributed by atoms with E-state index >= 15 is 0 Å². The van der Waals surface area contributed by atoms with Gasteiger partial charge in [0.05, 0.1) is 18.0 Å². The first-order chi connectivity index (χ1) is 10.6. The summed E-state index contributed by atoms with van der Waals surface area (Å²) in [6, 6.07) is 11.8. The highest BCUT2D eigenvalue weighted by molar-refractivity contribution is 5.63. The number of benzene rings is 1. The van der Waals surface area contributed by atoms with Crippen molar-refractivity contribution < 1.29 is 4.74 Å². The number of nitrogen functional groups attached to an aromatic ring is 1. The van der Waals surface area contributed by atoms with Crippen LogP contribution in [0.3, 0.4) is 0 Å². The van der Waals surface area contributed by atoms with Gasteiger partial charge in [0.15, 0.2) is 0 Å². The summed E-state index contributed by atoms with van der Waals surface area (Å²) in [6.07, 6.45) is 2.08. The smallest absolute Gasteiger partial charge is 0.274 e. The zero-order valence-electron chi connectivity index (χ0n) is 13.1. The Morgan fingerprint density at radius 3 is 2.73 bits per heavy atom. The molecule has 2 N–H and O–H groups in total. The van der Waals surface area contributed by atoms with Crippen molar-refractivity contribution in [1.29, 1.82) is 0 Å². The monoisotopic (exact) mass is 298 g/mol. The lowest BCUT2D eigenvalue weighted by molar-refractivity contribution is 0.271. The molecule has 116 valence electrons. The summed E-state index contributed by atoms with van der Waals surface area (Å²) in [5, 5.41) is 0. The minimum absolute atomic E-state index is 0.0894. The second kappa shape index (κ2) is 5.87. The van der Waals surface area contributed by atoms with E-state index in [2.05, 4.69) is 13.8 Å². The summed E-state index contributed by atoms with van der Waals surface area (Å²) in [5.74, 6) is 1.31. The van der Waals surface area contributed by atoms with Crippen molar-refractivity contribution in [3.05, 3.63) is 46.8 Å². The SMILES string of the molecule is CC(C)COc1cccc(-c2ccc(N)c(=O)n2C2CC2)c1. The molecule has 1 heterocycles. The molecule has 1 aliphatic rings. The lowest BCUT2D eigenvalue weighted by Crippen LogP contribution is -2.23. The molecule has 0 radical (unpaired) electrons. The number of pyridine rings is 1. The number of nitrogens with two attached hydrogens (primary N) is 1. The Hall–Kier alpha value is -2.23. The quantitative estimate of drug-likeness (QED) is 0.919. The first-order valence-electron chi connectivity index (χ1n) is 7.80. The Bertz CT molecular complexity index is 730. The minimum Gasteiger partial charge on any atom is -0.493 e. The van der Waals surface area contributed by atoms with Crippen LogP contribution < -0.4 is 16.0 Å². The van der Waals surface area contributed by atoms with Gasteiger partial charge >= 0.3 is 0 Å². The molecule has 2 aromatic rings. The van der Waals surface area contributed by atoms with Crippen LogP contribution in [0.25, 0.3) is 11.3 Å². The Balaban J connectivity index is 1.99. The average molecular weight is 298 g/mol. The second-order valence-corrected chi connectivity index (χ2v) is 6.31. The molecule has 1 aromatic heterocycles. The number of rotatable bonds is 5. The summed E-state index contributed by atoms with van der Waals surface area (Å²) in [4.78, 5) is 12.4. The zero-order chi connectivity index (χ0) is 15.7. The molecule has 3 rings (SSSR count). The summed E-state index contributed by atoms with van der Waals surface area (Å²) in [5.41, 5.74) is 7.91. The van der Waals surface area contributed by atoms with Crippen LogP contribution in [0.15, 0.2) is 41.2 Å². The van der Waals surface area contributed by atoms with Crippen molar-refractivity contribution in [2.75, 3.05) is 12.3 Å². The first kappa shape index (κ1) is 14.7. The Morgan fingerprint density at radius 2 is 2.05 bits per heavy atom. The van der Waals surface area contributed by atoms with E-state index < -0.39 is 0 Å². The molecule has 0 saturated heterocycles. The molecule has 1 aromatic carbocycles. The van der Waals surface area contributed by atoms with Crippen molar-refractivity contribution in [2.24, 2.45) is 5.92 Å². The minimum atomic E-state index is -0.0894. The summed E-state index contributed by atoms with van der Waals surface area (Å²) in [7, 11) is 0. The highest BCUT2D eigenvalue weighted by Gasteiger charge is 2.27. The lowest BCUT2D eigenvalue weighted by atomic mass is 10.1. The van der Waals surface area contributed by atoms with Gasteiger partial charge in [-0.3, -0.25) is 4.79 Å². The molecule has 0 atom stereocenters. The highest BCUT2D eigenvalue weighted by atomic mass is 16.5. The molecular formula is C18H22N2O2. The Kier molecular flexibility index (Phi) is 3.92. The molecule has 1 fully saturated rings. The maximum absolute atomic E-state index is 12.4. The third-order valence-electron chi connectivity index (χ3n) is 3.77. The van der Waals surface area contributed by atoms with E-state index in [0.717, 1.165) is 29.8 Å². The van der Waals surface area contributed by atoms with Crippen molar-refractivity contribution in [3.63, 3.8) is 0 Å². The fourth-order valence-electron chi connectivity index (χ4n) is 2.51. The molecule has 1 saturated carbocycles. The van der Waals surface area contributed by atoms with E-state index in [1.807, 2.05) is 34.9 Å². The number of anilines is 1. The van der Waals surface area contributed by atoms with Gasteiger partial charge in [0.2, 0.25) is 0 Å². The normalized spacial score (nSPS) is 14.3. The van der Waals surface area contributed by atoms with Crippen molar-refractivity contribution >= 4 is 5.69 Å². The van der Waals surface area contributed by atoms with Gasteiger partial charge in [-0.2, -0.15) is 0 Å². The van der Waals surface area contributed by atoms with Gasteiger partial charge in [-0.25, -0.2) is 0 Å². The molecule has 4 nitrogen and oxygen atoms in total. The van der Waals surface area contributed by atoms with Crippen LogP contribution in [0.2, 0.25) is 0 Å². The molecule has 0 aliphatic heterocycles. The van der Waals surface area contributed by atoms with E-state index in [-0.39, 0.29) is 11.6 Å². The first-order valence-corrected chi connectivity index (χ1v) is 7.80. The van der Waals surface area contributed by atoms with E-state index in [1.54, 1.807) is 6.07 Å². The topological polar surface area (TPSA) is 57.2 Å². The van der Waals surface area contributed by atoms with Crippen molar-refractivity contribution in [2.45, 2.75) is 32.7 Å². The summed E-state index contributed by atoms with van der Waals surface area (Å²) >= 11 is 0. The van der Waals surface area contributed by atoms with Crippen molar-refractivity contribution in [3.8, 4) is 17.0 Å². The average Bonchev–Trinajstić information content (AvgIpc) is 3.32. The Morgan fingerprint density at radius 1 is 1.27 bits per heavy atom. The second-order valence-electron chi connectivity index (χ2n) is 6.31. The predicted octanol–water partition coefficient (Wildman–Crippen LogP) is 3.47. The summed E-state index contributed by atoms with van der Waals surface area (Å²) in [6.45, 7) is 4.92. The molecule has 4 heteroatoms. The van der Waals surface area contributed by atoms with E-state index in [4.69, 9.17) is 10.5 Å². The highest BCUT2D eigenvalue weighted by Crippen LogP contribution is 2.37. The Labute approximate surface area is 130 Å². The van der Waals surface area contributed by atoms with E-state index in [1.165, 1.54) is 0 Å². The number of aromatic nitrogens is 1. The molecule has 22 heavy (non-hydrogen) atoms. The van der Waals surface area contributed by atoms with Crippen LogP contribution in [0, 0.1) is 5.92 Å². The van der Waals surface area contributed by atoms with Gasteiger partial charge < -0.3 is 15.0 Å². The maximum atomic E-state index is 12.4. The van der Waals surface area contributed by atoms with Crippen LogP contribution in [0.1, 0.15) is 32.7 Å². The fraction of sp³-hybridized carbons (Fsp3) is 0.389. The van der Waals surface area contributed by atoms with Gasteiger partial charge in [-0.05, 0) is 43.0 Å². The third-order valence-corrected chi connectivity index (χ3v) is 3.77. The van der Waals surface area contributed by atoms with Crippen LogP contribution in [-0.2, 0) is 0 Å². The molecule has 0 amide bonds. The number of nitrogens with zero attached hydrogens (tertiary/aromatic N) is 1. The molecule has 1 aliphatic carbocycles. The third kappa shape index (κ3) is 3.01. The van der Waals surface area contributed by atoms with Crippen LogP contribution in [0.5, 0.6) is 5.75 Å². The van der Waals surface area contributed by atoms with Gasteiger partial charge in [0, 0.05) is 11.6 Å². The fourth-order valence-corrected chi connectivity index (χ4v) is 2.51. The number of hydrogen-bond acceptors (Lipinski definition) is 3. The molecular weight excluding hydrogens is 276 g/mol.